The summed E-state index contributed by atoms with van der Waals surface area (Å²) in [5, 5.41) is 17.0. The number of aliphatic hydroxyl groups is 1. The highest BCUT2D eigenvalue weighted by molar-refractivity contribution is 5.72. The van der Waals surface area contributed by atoms with Gasteiger partial charge in [-0.05, 0) is 6.42 Å². The third-order valence-corrected chi connectivity index (χ3v) is 1.27. The Bertz CT molecular complexity index is 140. The summed E-state index contributed by atoms with van der Waals surface area (Å²) >= 11 is 0. The summed E-state index contributed by atoms with van der Waals surface area (Å²) in [6.45, 7) is 2.04. The summed E-state index contributed by atoms with van der Waals surface area (Å²) in [6, 6.07) is 0. The van der Waals surface area contributed by atoms with Gasteiger partial charge in [-0.2, -0.15) is 0 Å². The minimum atomic E-state index is -1.25. The van der Waals surface area contributed by atoms with Gasteiger partial charge in [0.1, 0.15) is 0 Å². The predicted molar refractivity (Wildman–Crippen MR) is 42.3 cm³/mol. The Hall–Kier alpha value is -0.830. The highest BCUT2D eigenvalue weighted by Crippen LogP contribution is 1.95. The van der Waals surface area contributed by atoms with Gasteiger partial charge >= 0.3 is 5.97 Å². The lowest BCUT2D eigenvalue weighted by Gasteiger charge is -1.98. The first kappa shape index (κ1) is 10.2. The average Bonchev–Trinajstić information content (AvgIpc) is 1.97. The molecule has 0 spiro atoms. The van der Waals surface area contributed by atoms with E-state index in [1.807, 2.05) is 13.0 Å². The molecule has 0 saturated carbocycles. The highest BCUT2D eigenvalue weighted by atomic mass is 16.4. The van der Waals surface area contributed by atoms with Crippen molar-refractivity contribution in [3.63, 3.8) is 0 Å². The molecule has 0 aromatic carbocycles. The summed E-state index contributed by atoms with van der Waals surface area (Å²) in [4.78, 5) is 10.1. The molecule has 3 nitrogen and oxygen atoms in total. The van der Waals surface area contributed by atoms with E-state index in [0.717, 1.165) is 12.8 Å². The Kier molecular flexibility index (Phi) is 5.47. The number of carboxylic acids is 1. The number of carboxylic acid groups (broad SMARTS) is 1. The maximum atomic E-state index is 10.1. The summed E-state index contributed by atoms with van der Waals surface area (Å²) < 4.78 is 0. The molecule has 0 heterocycles. The van der Waals surface area contributed by atoms with Crippen LogP contribution >= 0.6 is 0 Å². The summed E-state index contributed by atoms with van der Waals surface area (Å²) in [7, 11) is 0. The van der Waals surface area contributed by atoms with Crippen LogP contribution in [0.3, 0.4) is 0 Å². The molecule has 0 aliphatic heterocycles. The van der Waals surface area contributed by atoms with Crippen LogP contribution < -0.4 is 0 Å². The second-order valence-electron chi connectivity index (χ2n) is 2.35. The van der Waals surface area contributed by atoms with Crippen LogP contribution in [0.4, 0.5) is 0 Å². The van der Waals surface area contributed by atoms with E-state index >= 15 is 0 Å². The molecule has 0 aliphatic carbocycles. The third kappa shape index (κ3) is 5.61. The quantitative estimate of drug-likeness (QED) is 0.590. The Morgan fingerprint density at radius 2 is 2.18 bits per heavy atom. The van der Waals surface area contributed by atoms with Crippen LogP contribution in [0.15, 0.2) is 12.2 Å². The highest BCUT2D eigenvalue weighted by Gasteiger charge is 2.09. The van der Waals surface area contributed by atoms with Gasteiger partial charge in [-0.1, -0.05) is 25.5 Å². The second kappa shape index (κ2) is 5.92. The molecule has 11 heavy (non-hydrogen) atoms. The molecular weight excluding hydrogens is 144 g/mol. The molecule has 0 radical (unpaired) electrons. The van der Waals surface area contributed by atoms with E-state index < -0.39 is 12.1 Å². The fourth-order valence-electron chi connectivity index (χ4n) is 0.610. The number of hydrogen-bond donors (Lipinski definition) is 2. The molecule has 3 heteroatoms. The summed E-state index contributed by atoms with van der Waals surface area (Å²) in [6.07, 6.45) is 4.51. The van der Waals surface area contributed by atoms with Crippen molar-refractivity contribution in [1.82, 2.24) is 0 Å². The SMILES string of the molecule is CCC/C=C/CC(O)C(=O)O. The van der Waals surface area contributed by atoms with Gasteiger partial charge < -0.3 is 10.2 Å². The largest absolute Gasteiger partial charge is 0.479 e. The summed E-state index contributed by atoms with van der Waals surface area (Å²) in [5.41, 5.74) is 0. The Labute approximate surface area is 66.4 Å². The van der Waals surface area contributed by atoms with E-state index in [-0.39, 0.29) is 6.42 Å². The van der Waals surface area contributed by atoms with Crippen molar-refractivity contribution in [2.75, 3.05) is 0 Å². The maximum absolute atomic E-state index is 10.1. The zero-order chi connectivity index (χ0) is 8.69. The zero-order valence-electron chi connectivity index (χ0n) is 6.66. The van der Waals surface area contributed by atoms with Crippen molar-refractivity contribution in [3.05, 3.63) is 12.2 Å². The molecule has 0 rings (SSSR count). The molecule has 0 fully saturated rings. The molecule has 64 valence electrons. The Morgan fingerprint density at radius 3 is 2.64 bits per heavy atom. The Morgan fingerprint density at radius 1 is 1.55 bits per heavy atom. The van der Waals surface area contributed by atoms with E-state index in [4.69, 9.17) is 10.2 Å². The molecule has 0 aromatic rings. The first-order chi connectivity index (χ1) is 5.18. The lowest BCUT2D eigenvalue weighted by Crippen LogP contribution is -2.17. The van der Waals surface area contributed by atoms with Crippen molar-refractivity contribution >= 4 is 5.97 Å². The first-order valence-corrected chi connectivity index (χ1v) is 3.74. The maximum Gasteiger partial charge on any atom is 0.332 e. The fraction of sp³-hybridized carbons (Fsp3) is 0.625. The standard InChI is InChI=1S/C8H14O3/c1-2-3-4-5-6-7(9)8(10)11/h4-5,7,9H,2-3,6H2,1H3,(H,10,11)/b5-4+. The van der Waals surface area contributed by atoms with E-state index in [1.165, 1.54) is 0 Å². The lowest BCUT2D eigenvalue weighted by molar-refractivity contribution is -0.146. The van der Waals surface area contributed by atoms with Gasteiger partial charge in [0.25, 0.3) is 0 Å². The second-order valence-corrected chi connectivity index (χ2v) is 2.35. The molecule has 0 bridgehead atoms. The number of hydrogen-bond acceptors (Lipinski definition) is 2. The van der Waals surface area contributed by atoms with Crippen LogP contribution in [-0.4, -0.2) is 22.3 Å². The topological polar surface area (TPSA) is 57.5 Å². The van der Waals surface area contributed by atoms with Crippen LogP contribution in [0, 0.1) is 0 Å². The fourth-order valence-corrected chi connectivity index (χ4v) is 0.610. The predicted octanol–water partition coefficient (Wildman–Crippen LogP) is 1.18. The smallest absolute Gasteiger partial charge is 0.332 e. The normalized spacial score (nSPS) is 13.6. The minimum Gasteiger partial charge on any atom is -0.479 e. The molecule has 1 atom stereocenters. The van der Waals surface area contributed by atoms with Gasteiger partial charge in [0.15, 0.2) is 6.10 Å². The van der Waals surface area contributed by atoms with E-state index in [0.29, 0.717) is 0 Å². The van der Waals surface area contributed by atoms with Crippen LogP contribution in [0.5, 0.6) is 0 Å². The number of allylic oxidation sites excluding steroid dienone is 1. The van der Waals surface area contributed by atoms with Gasteiger partial charge in [-0.15, -0.1) is 0 Å². The number of aliphatic hydroxyl groups excluding tert-OH is 1. The van der Waals surface area contributed by atoms with Gasteiger partial charge in [0.05, 0.1) is 0 Å². The van der Waals surface area contributed by atoms with Crippen molar-refractivity contribution < 1.29 is 15.0 Å². The Balaban J connectivity index is 3.44. The van der Waals surface area contributed by atoms with E-state index in [1.54, 1.807) is 6.08 Å². The number of rotatable bonds is 5. The molecule has 0 amide bonds. The van der Waals surface area contributed by atoms with Crippen molar-refractivity contribution in [2.45, 2.75) is 32.3 Å². The van der Waals surface area contributed by atoms with Gasteiger partial charge in [0.2, 0.25) is 0 Å². The summed E-state index contributed by atoms with van der Waals surface area (Å²) in [5.74, 6) is -1.16. The van der Waals surface area contributed by atoms with Crippen molar-refractivity contribution in [1.29, 1.82) is 0 Å². The van der Waals surface area contributed by atoms with Crippen LogP contribution in [-0.2, 0) is 4.79 Å². The van der Waals surface area contributed by atoms with Crippen LogP contribution in [0.1, 0.15) is 26.2 Å². The van der Waals surface area contributed by atoms with Gasteiger partial charge in [0, 0.05) is 6.42 Å². The van der Waals surface area contributed by atoms with Crippen molar-refractivity contribution in [2.24, 2.45) is 0 Å². The van der Waals surface area contributed by atoms with Gasteiger partial charge in [-0.25, -0.2) is 4.79 Å². The molecule has 2 N–H and O–H groups in total. The first-order valence-electron chi connectivity index (χ1n) is 3.74. The number of aliphatic carboxylic acids is 1. The van der Waals surface area contributed by atoms with Crippen LogP contribution in [0.25, 0.3) is 0 Å². The van der Waals surface area contributed by atoms with Crippen LogP contribution in [0.2, 0.25) is 0 Å². The van der Waals surface area contributed by atoms with E-state index in [9.17, 15) is 4.79 Å². The van der Waals surface area contributed by atoms with Crippen molar-refractivity contribution in [3.8, 4) is 0 Å². The molecule has 1 unspecified atom stereocenters. The molecule has 0 aliphatic rings. The molecule has 0 aromatic heterocycles. The number of unbranched alkanes of at least 4 members (excludes halogenated alkanes) is 1. The zero-order valence-corrected chi connectivity index (χ0v) is 6.66. The lowest BCUT2D eigenvalue weighted by atomic mass is 10.2. The third-order valence-electron chi connectivity index (χ3n) is 1.27. The molecular formula is C8H14O3. The van der Waals surface area contributed by atoms with Gasteiger partial charge in [-0.3, -0.25) is 0 Å². The van der Waals surface area contributed by atoms with E-state index in [2.05, 4.69) is 0 Å². The average molecular weight is 158 g/mol. The molecule has 0 saturated heterocycles. The minimum absolute atomic E-state index is 0.204. The number of carbonyl (C=O) groups is 1. The monoisotopic (exact) mass is 158 g/mol.